The van der Waals surface area contributed by atoms with Crippen molar-refractivity contribution in [2.24, 2.45) is 0 Å². The molecule has 0 radical (unpaired) electrons. The van der Waals surface area contributed by atoms with Gasteiger partial charge in [0.1, 0.15) is 4.90 Å². The van der Waals surface area contributed by atoms with E-state index in [1.165, 1.54) is 37.4 Å². The van der Waals surface area contributed by atoms with Gasteiger partial charge in [0.25, 0.3) is 15.9 Å². The van der Waals surface area contributed by atoms with Gasteiger partial charge in [0, 0.05) is 24.3 Å². The molecule has 1 N–H and O–H groups in total. The Morgan fingerprint density at radius 3 is 2.33 bits per heavy atom. The second-order valence-electron chi connectivity index (χ2n) is 5.65. The largest absolute Gasteiger partial charge is 0.465 e. The Hall–Kier alpha value is -2.87. The SMILES string of the molecule is CCN(CC)C(=O)c1cccc(NS(=O)(=O)c2ccccc2C(=O)OC)c1. The smallest absolute Gasteiger partial charge is 0.339 e. The molecule has 27 heavy (non-hydrogen) atoms. The highest BCUT2D eigenvalue weighted by Gasteiger charge is 2.23. The van der Waals surface area contributed by atoms with Crippen LogP contribution in [0.3, 0.4) is 0 Å². The zero-order valence-electron chi connectivity index (χ0n) is 15.4. The van der Waals surface area contributed by atoms with Crippen molar-refractivity contribution < 1.29 is 22.7 Å². The van der Waals surface area contributed by atoms with Gasteiger partial charge in [0.05, 0.1) is 12.7 Å². The van der Waals surface area contributed by atoms with Crippen LogP contribution in [0, 0.1) is 0 Å². The van der Waals surface area contributed by atoms with Crippen molar-refractivity contribution in [1.82, 2.24) is 4.90 Å². The Kier molecular flexibility index (Phi) is 6.57. The van der Waals surface area contributed by atoms with Crippen molar-refractivity contribution in [2.45, 2.75) is 18.7 Å². The summed E-state index contributed by atoms with van der Waals surface area (Å²) in [6, 6.07) is 12.0. The lowest BCUT2D eigenvalue weighted by Crippen LogP contribution is -2.30. The van der Waals surface area contributed by atoms with E-state index in [2.05, 4.69) is 9.46 Å². The maximum Gasteiger partial charge on any atom is 0.339 e. The number of nitrogens with zero attached hydrogens (tertiary/aromatic N) is 1. The minimum Gasteiger partial charge on any atom is -0.465 e. The fraction of sp³-hybridized carbons (Fsp3) is 0.263. The van der Waals surface area contributed by atoms with Crippen molar-refractivity contribution in [2.75, 3.05) is 24.9 Å². The van der Waals surface area contributed by atoms with Crippen LogP contribution in [0.2, 0.25) is 0 Å². The van der Waals surface area contributed by atoms with E-state index in [0.29, 0.717) is 18.7 Å². The number of hydrogen-bond acceptors (Lipinski definition) is 5. The molecule has 0 fully saturated rings. The van der Waals surface area contributed by atoms with Crippen molar-refractivity contribution in [3.63, 3.8) is 0 Å². The Morgan fingerprint density at radius 2 is 1.70 bits per heavy atom. The summed E-state index contributed by atoms with van der Waals surface area (Å²) in [5.41, 5.74) is 0.538. The molecule has 8 heteroatoms. The van der Waals surface area contributed by atoms with E-state index >= 15 is 0 Å². The van der Waals surface area contributed by atoms with Gasteiger partial charge in [0.15, 0.2) is 0 Å². The van der Waals surface area contributed by atoms with Gasteiger partial charge in [-0.25, -0.2) is 13.2 Å². The molecule has 2 aromatic carbocycles. The van der Waals surface area contributed by atoms with Crippen molar-refractivity contribution in [3.05, 3.63) is 59.7 Å². The van der Waals surface area contributed by atoms with Crippen molar-refractivity contribution >= 4 is 27.6 Å². The molecule has 0 saturated carbocycles. The molecular formula is C19H22N2O5S. The number of nitrogens with one attached hydrogen (secondary N) is 1. The number of ether oxygens (including phenoxy) is 1. The van der Waals surface area contributed by atoms with Gasteiger partial charge in [-0.1, -0.05) is 18.2 Å². The number of carbonyl (C=O) groups excluding carboxylic acids is 2. The molecule has 2 rings (SSSR count). The van der Waals surface area contributed by atoms with Crippen LogP contribution in [0.15, 0.2) is 53.4 Å². The third-order valence-electron chi connectivity index (χ3n) is 3.99. The zero-order chi connectivity index (χ0) is 20.0. The molecule has 2 aromatic rings. The number of anilines is 1. The molecular weight excluding hydrogens is 368 g/mol. The molecule has 0 aromatic heterocycles. The Balaban J connectivity index is 2.36. The maximum atomic E-state index is 12.8. The predicted molar refractivity (Wildman–Crippen MR) is 102 cm³/mol. The van der Waals surface area contributed by atoms with Crippen molar-refractivity contribution in [3.8, 4) is 0 Å². The normalized spacial score (nSPS) is 10.9. The average Bonchev–Trinajstić information content (AvgIpc) is 2.68. The lowest BCUT2D eigenvalue weighted by atomic mass is 10.2. The minimum atomic E-state index is -4.05. The summed E-state index contributed by atoms with van der Waals surface area (Å²) >= 11 is 0. The molecule has 144 valence electrons. The van der Waals surface area contributed by atoms with E-state index in [-0.39, 0.29) is 22.1 Å². The van der Waals surface area contributed by atoms with Gasteiger partial charge >= 0.3 is 5.97 Å². The lowest BCUT2D eigenvalue weighted by molar-refractivity contribution is 0.0596. The maximum absolute atomic E-state index is 12.8. The molecule has 0 atom stereocenters. The first kappa shape index (κ1) is 20.4. The number of amides is 1. The first-order chi connectivity index (χ1) is 12.8. The van der Waals surface area contributed by atoms with E-state index in [1.807, 2.05) is 13.8 Å². The number of hydrogen-bond donors (Lipinski definition) is 1. The molecule has 1 amide bonds. The van der Waals surface area contributed by atoms with Crippen LogP contribution in [-0.2, 0) is 14.8 Å². The van der Waals surface area contributed by atoms with Crippen molar-refractivity contribution in [1.29, 1.82) is 0 Å². The number of benzene rings is 2. The summed E-state index contributed by atoms with van der Waals surface area (Å²) in [4.78, 5) is 25.8. The van der Waals surface area contributed by atoms with E-state index in [4.69, 9.17) is 0 Å². The monoisotopic (exact) mass is 390 g/mol. The second-order valence-corrected chi connectivity index (χ2v) is 7.30. The van der Waals surface area contributed by atoms with Crippen LogP contribution < -0.4 is 4.72 Å². The van der Waals surface area contributed by atoms with Gasteiger partial charge in [-0.15, -0.1) is 0 Å². The first-order valence-electron chi connectivity index (χ1n) is 8.43. The molecule has 0 heterocycles. The Morgan fingerprint density at radius 1 is 1.04 bits per heavy atom. The molecule has 0 aliphatic carbocycles. The zero-order valence-corrected chi connectivity index (χ0v) is 16.2. The molecule has 0 spiro atoms. The standard InChI is InChI=1S/C19H22N2O5S/c1-4-21(5-2)18(22)14-9-8-10-15(13-14)20-27(24,25)17-12-7-6-11-16(17)19(23)26-3/h6-13,20H,4-5H2,1-3H3. The first-order valence-corrected chi connectivity index (χ1v) is 9.91. The number of carbonyl (C=O) groups is 2. The van der Waals surface area contributed by atoms with Crippen LogP contribution in [0.1, 0.15) is 34.6 Å². The van der Waals surface area contributed by atoms with Crippen LogP contribution in [0.5, 0.6) is 0 Å². The molecule has 0 aliphatic rings. The topological polar surface area (TPSA) is 92.8 Å². The second kappa shape index (κ2) is 8.68. The third kappa shape index (κ3) is 4.65. The number of esters is 1. The van der Waals surface area contributed by atoms with Gasteiger partial charge in [-0.3, -0.25) is 9.52 Å². The van der Waals surface area contributed by atoms with Gasteiger partial charge < -0.3 is 9.64 Å². The molecule has 0 aliphatic heterocycles. The van der Waals surface area contributed by atoms with Crippen LogP contribution in [0.25, 0.3) is 0 Å². The van der Waals surface area contributed by atoms with Gasteiger partial charge in [-0.05, 0) is 44.2 Å². The highest BCUT2D eigenvalue weighted by molar-refractivity contribution is 7.92. The van der Waals surface area contributed by atoms with E-state index in [9.17, 15) is 18.0 Å². The number of sulfonamides is 1. The van der Waals surface area contributed by atoms with Crippen LogP contribution >= 0.6 is 0 Å². The van der Waals surface area contributed by atoms with Gasteiger partial charge in [-0.2, -0.15) is 0 Å². The summed E-state index contributed by atoms with van der Waals surface area (Å²) in [5, 5.41) is 0. The Bertz CT molecular complexity index is 937. The average molecular weight is 390 g/mol. The Labute approximate surface area is 159 Å². The number of rotatable bonds is 7. The summed E-state index contributed by atoms with van der Waals surface area (Å²) in [6.07, 6.45) is 0. The molecule has 0 bridgehead atoms. The highest BCUT2D eigenvalue weighted by atomic mass is 32.2. The van der Waals surface area contributed by atoms with Crippen LogP contribution in [-0.4, -0.2) is 45.4 Å². The van der Waals surface area contributed by atoms with E-state index in [0.717, 1.165) is 0 Å². The summed E-state index contributed by atoms with van der Waals surface area (Å²) in [7, 11) is -2.87. The van der Waals surface area contributed by atoms with Gasteiger partial charge in [0.2, 0.25) is 0 Å². The third-order valence-corrected chi connectivity index (χ3v) is 5.43. The summed E-state index contributed by atoms with van der Waals surface area (Å²) in [5.74, 6) is -0.933. The number of methoxy groups -OCH3 is 1. The summed E-state index contributed by atoms with van der Waals surface area (Å²) in [6.45, 7) is 4.85. The summed E-state index contributed by atoms with van der Waals surface area (Å²) < 4.78 is 32.6. The van der Waals surface area contributed by atoms with E-state index in [1.54, 1.807) is 23.1 Å². The van der Waals surface area contributed by atoms with Crippen LogP contribution in [0.4, 0.5) is 5.69 Å². The highest BCUT2D eigenvalue weighted by Crippen LogP contribution is 2.21. The predicted octanol–water partition coefficient (Wildman–Crippen LogP) is 2.76. The minimum absolute atomic E-state index is 0.0668. The quantitative estimate of drug-likeness (QED) is 0.734. The molecule has 7 nitrogen and oxygen atoms in total. The molecule has 0 saturated heterocycles. The fourth-order valence-electron chi connectivity index (χ4n) is 2.60. The lowest BCUT2D eigenvalue weighted by Gasteiger charge is -2.19. The fourth-order valence-corrected chi connectivity index (χ4v) is 3.84. The molecule has 0 unspecified atom stereocenters. The van der Waals surface area contributed by atoms with E-state index < -0.39 is 16.0 Å².